The molecule has 2 N–H and O–H groups in total. The second kappa shape index (κ2) is 11.1. The second-order valence-electron chi connectivity index (χ2n) is 8.37. The van der Waals surface area contributed by atoms with E-state index < -0.39 is 0 Å². The number of aromatic nitrogens is 1. The fourth-order valence-corrected chi connectivity index (χ4v) is 4.42. The number of rotatable bonds is 4. The first kappa shape index (κ1) is 22.2. The molecule has 1 amide bonds. The smallest absolute Gasteiger partial charge is 0.251 e. The van der Waals surface area contributed by atoms with Crippen LogP contribution in [0.2, 0.25) is 0 Å². The molecule has 0 radical (unpaired) electrons. The van der Waals surface area contributed by atoms with Crippen molar-refractivity contribution in [3.05, 3.63) is 90.6 Å². The molecular weight excluding hydrogens is 412 g/mol. The molecule has 3 nitrogen and oxygen atoms in total. The van der Waals surface area contributed by atoms with Crippen LogP contribution >= 0.6 is 12.6 Å². The second-order valence-corrected chi connectivity index (χ2v) is 8.89. The molecule has 0 aliphatic heterocycles. The molecule has 1 aliphatic carbocycles. The lowest BCUT2D eigenvalue weighted by atomic mass is 9.89. The molecule has 1 aliphatic rings. The third-order valence-electron chi connectivity index (χ3n) is 6.08. The summed E-state index contributed by atoms with van der Waals surface area (Å²) in [5.74, 6) is 0.709. The third-order valence-corrected chi connectivity index (χ3v) is 6.38. The van der Waals surface area contributed by atoms with Gasteiger partial charge >= 0.3 is 0 Å². The molecule has 164 valence electrons. The molecule has 1 saturated carbocycles. The highest BCUT2D eigenvalue weighted by Gasteiger charge is 2.14. The standard InChI is InChI=1S/C14H19NOS.C14H11N/c16-14(12-6-8-13(17)9-7-12)15-10-11-4-2-1-3-5-11;1-2-6-11(7-3-1)13-10-15-14-9-5-4-8-12(13)14/h6-9,11,17H,1-5,10H2,(H,15,16);1-10,15H. The minimum atomic E-state index is 0.0314. The predicted octanol–water partition coefficient (Wildman–Crippen LogP) is 7.12. The first-order valence-corrected chi connectivity index (χ1v) is 11.8. The Labute approximate surface area is 195 Å². The van der Waals surface area contributed by atoms with Crippen molar-refractivity contribution in [2.24, 2.45) is 5.92 Å². The SMILES string of the molecule is O=C(NCC1CCCCC1)c1ccc(S)cc1.c1ccc(-c2c[nH]c3ccccc23)cc1. The van der Waals surface area contributed by atoms with Gasteiger partial charge in [0.25, 0.3) is 5.91 Å². The number of carbonyl (C=O) groups excluding carboxylic acids is 1. The molecule has 0 bridgehead atoms. The maximum atomic E-state index is 11.9. The zero-order valence-electron chi connectivity index (χ0n) is 18.3. The monoisotopic (exact) mass is 442 g/mol. The van der Waals surface area contributed by atoms with Gasteiger partial charge in [-0.2, -0.15) is 0 Å². The molecule has 5 rings (SSSR count). The Bertz CT molecular complexity index is 1130. The van der Waals surface area contributed by atoms with Gasteiger partial charge in [-0.25, -0.2) is 0 Å². The molecule has 0 unspecified atom stereocenters. The summed E-state index contributed by atoms with van der Waals surface area (Å²) in [6.45, 7) is 0.821. The number of amides is 1. The Morgan fingerprint density at radius 1 is 0.875 bits per heavy atom. The Balaban J connectivity index is 0.000000154. The fraction of sp³-hybridized carbons (Fsp3) is 0.250. The van der Waals surface area contributed by atoms with Gasteiger partial charge in [-0.3, -0.25) is 4.79 Å². The summed E-state index contributed by atoms with van der Waals surface area (Å²) in [5.41, 5.74) is 4.44. The first-order valence-electron chi connectivity index (χ1n) is 11.4. The molecule has 0 atom stereocenters. The number of para-hydroxylation sites is 1. The molecule has 1 fully saturated rings. The van der Waals surface area contributed by atoms with Crippen molar-refractivity contribution in [1.82, 2.24) is 10.3 Å². The van der Waals surface area contributed by atoms with Crippen LogP contribution in [0.3, 0.4) is 0 Å². The molecule has 4 heteroatoms. The van der Waals surface area contributed by atoms with Gasteiger partial charge in [0.2, 0.25) is 0 Å². The van der Waals surface area contributed by atoms with Gasteiger partial charge in [0.1, 0.15) is 0 Å². The predicted molar refractivity (Wildman–Crippen MR) is 136 cm³/mol. The van der Waals surface area contributed by atoms with Crippen LogP contribution in [0.5, 0.6) is 0 Å². The molecule has 1 aromatic heterocycles. The highest BCUT2D eigenvalue weighted by molar-refractivity contribution is 7.80. The quantitative estimate of drug-likeness (QED) is 0.289. The van der Waals surface area contributed by atoms with Crippen molar-refractivity contribution in [2.45, 2.75) is 37.0 Å². The van der Waals surface area contributed by atoms with E-state index in [0.717, 1.165) is 17.0 Å². The van der Waals surface area contributed by atoms with Gasteiger partial charge in [-0.1, -0.05) is 67.8 Å². The highest BCUT2D eigenvalue weighted by Crippen LogP contribution is 2.27. The number of thiol groups is 1. The molecular formula is C28H30N2OS. The fourth-order valence-electron chi connectivity index (χ4n) is 4.27. The van der Waals surface area contributed by atoms with Gasteiger partial charge in [0.05, 0.1) is 0 Å². The van der Waals surface area contributed by atoms with E-state index in [1.165, 1.54) is 54.1 Å². The zero-order chi connectivity index (χ0) is 22.2. The molecule has 32 heavy (non-hydrogen) atoms. The van der Waals surface area contributed by atoms with Crippen molar-refractivity contribution in [2.75, 3.05) is 6.54 Å². The van der Waals surface area contributed by atoms with E-state index in [0.29, 0.717) is 5.92 Å². The number of H-pyrrole nitrogens is 1. The van der Waals surface area contributed by atoms with E-state index in [4.69, 9.17) is 0 Å². The Morgan fingerprint density at radius 3 is 2.31 bits per heavy atom. The average molecular weight is 443 g/mol. The van der Waals surface area contributed by atoms with Crippen LogP contribution in [0.15, 0.2) is 90.0 Å². The number of carbonyl (C=O) groups is 1. The van der Waals surface area contributed by atoms with Gasteiger partial charge in [-0.15, -0.1) is 12.6 Å². The number of aromatic amines is 1. The highest BCUT2D eigenvalue weighted by atomic mass is 32.1. The summed E-state index contributed by atoms with van der Waals surface area (Å²) in [6.07, 6.45) is 8.57. The van der Waals surface area contributed by atoms with Crippen LogP contribution in [-0.4, -0.2) is 17.4 Å². The summed E-state index contributed by atoms with van der Waals surface area (Å²) in [4.78, 5) is 16.0. The summed E-state index contributed by atoms with van der Waals surface area (Å²) < 4.78 is 0. The molecule has 1 heterocycles. The van der Waals surface area contributed by atoms with E-state index >= 15 is 0 Å². The molecule has 4 aromatic rings. The summed E-state index contributed by atoms with van der Waals surface area (Å²) in [5, 5.41) is 4.31. The van der Waals surface area contributed by atoms with Gasteiger partial charge in [0.15, 0.2) is 0 Å². The van der Waals surface area contributed by atoms with Gasteiger partial charge < -0.3 is 10.3 Å². The van der Waals surface area contributed by atoms with E-state index in [9.17, 15) is 4.79 Å². The molecule has 0 saturated heterocycles. The van der Waals surface area contributed by atoms with Crippen LogP contribution in [0.25, 0.3) is 22.0 Å². The van der Waals surface area contributed by atoms with Crippen molar-refractivity contribution < 1.29 is 4.79 Å². The lowest BCUT2D eigenvalue weighted by molar-refractivity contribution is 0.0943. The van der Waals surface area contributed by atoms with Crippen LogP contribution in [0, 0.1) is 5.92 Å². The number of hydrogen-bond acceptors (Lipinski definition) is 2. The Hall–Kier alpha value is -2.98. The molecule has 0 spiro atoms. The summed E-state index contributed by atoms with van der Waals surface area (Å²) >= 11 is 4.20. The van der Waals surface area contributed by atoms with E-state index in [1.54, 1.807) is 0 Å². The third kappa shape index (κ3) is 5.83. The van der Waals surface area contributed by atoms with Crippen LogP contribution in [-0.2, 0) is 0 Å². The Kier molecular flexibility index (Phi) is 7.68. The average Bonchev–Trinajstić information content (AvgIpc) is 3.29. The van der Waals surface area contributed by atoms with Crippen molar-refractivity contribution in [3.8, 4) is 11.1 Å². The van der Waals surface area contributed by atoms with Crippen molar-refractivity contribution in [1.29, 1.82) is 0 Å². The van der Waals surface area contributed by atoms with E-state index in [-0.39, 0.29) is 5.91 Å². The zero-order valence-corrected chi connectivity index (χ0v) is 19.2. The minimum Gasteiger partial charge on any atom is -0.361 e. The van der Waals surface area contributed by atoms with E-state index in [1.807, 2.05) is 36.4 Å². The lowest BCUT2D eigenvalue weighted by Gasteiger charge is -2.21. The largest absolute Gasteiger partial charge is 0.361 e. The lowest BCUT2D eigenvalue weighted by Crippen LogP contribution is -2.30. The number of nitrogens with one attached hydrogen (secondary N) is 2. The summed E-state index contributed by atoms with van der Waals surface area (Å²) in [7, 11) is 0. The Morgan fingerprint density at radius 2 is 1.56 bits per heavy atom. The summed E-state index contributed by atoms with van der Waals surface area (Å²) in [6, 6.07) is 26.1. The topological polar surface area (TPSA) is 44.9 Å². The van der Waals surface area contributed by atoms with Crippen molar-refractivity contribution in [3.63, 3.8) is 0 Å². The number of benzene rings is 3. The molecule has 3 aromatic carbocycles. The number of hydrogen-bond donors (Lipinski definition) is 3. The van der Waals surface area contributed by atoms with Crippen LogP contribution in [0.4, 0.5) is 0 Å². The van der Waals surface area contributed by atoms with E-state index in [2.05, 4.69) is 71.6 Å². The maximum absolute atomic E-state index is 11.9. The van der Waals surface area contributed by atoms with Crippen LogP contribution < -0.4 is 5.32 Å². The van der Waals surface area contributed by atoms with Crippen molar-refractivity contribution >= 4 is 29.4 Å². The number of fused-ring (bicyclic) bond motifs is 1. The first-order chi connectivity index (χ1) is 15.7. The maximum Gasteiger partial charge on any atom is 0.251 e. The normalized spacial score (nSPS) is 13.9. The minimum absolute atomic E-state index is 0.0314. The van der Waals surface area contributed by atoms with Gasteiger partial charge in [-0.05, 0) is 54.7 Å². The van der Waals surface area contributed by atoms with Crippen LogP contribution in [0.1, 0.15) is 42.5 Å². The van der Waals surface area contributed by atoms with Gasteiger partial charge in [0, 0.05) is 39.7 Å².